The minimum absolute atomic E-state index is 0.125. The normalized spacial score (nSPS) is 14.6. The summed E-state index contributed by atoms with van der Waals surface area (Å²) in [6.45, 7) is 0.219. The first-order valence-electron chi connectivity index (χ1n) is 6.11. The third-order valence-electron chi connectivity index (χ3n) is 3.33. The van der Waals surface area contributed by atoms with Crippen LogP contribution in [0.25, 0.3) is 11.4 Å². The highest BCUT2D eigenvalue weighted by Crippen LogP contribution is 2.30. The van der Waals surface area contributed by atoms with Gasteiger partial charge in [-0.25, -0.2) is 0 Å². The average molecular weight is 258 g/mol. The molecule has 3 rings (SSSR count). The Labute approximate surface area is 110 Å². The van der Waals surface area contributed by atoms with E-state index in [9.17, 15) is 4.79 Å². The standard InChI is InChI=1S/C13H14N4O2/c1-17-10-6-9(13-15-11(7-14)19-16-13)3-2-8(10)4-5-12(17)18/h2-3,6H,4-5,7,14H2,1H3. The van der Waals surface area contributed by atoms with Gasteiger partial charge in [-0.15, -0.1) is 0 Å². The van der Waals surface area contributed by atoms with Crippen molar-refractivity contribution in [3.05, 3.63) is 29.7 Å². The lowest BCUT2D eigenvalue weighted by Crippen LogP contribution is -2.31. The predicted octanol–water partition coefficient (Wildman–Crippen LogP) is 1.10. The van der Waals surface area contributed by atoms with E-state index in [4.69, 9.17) is 10.3 Å². The highest BCUT2D eigenvalue weighted by atomic mass is 16.5. The molecule has 0 spiro atoms. The molecule has 2 heterocycles. The average Bonchev–Trinajstić information content (AvgIpc) is 2.92. The summed E-state index contributed by atoms with van der Waals surface area (Å²) in [5.74, 6) is 1.02. The van der Waals surface area contributed by atoms with Gasteiger partial charge in [0.05, 0.1) is 6.54 Å². The number of carbonyl (C=O) groups excluding carboxylic acids is 1. The Balaban J connectivity index is 2.03. The lowest BCUT2D eigenvalue weighted by atomic mass is 9.99. The van der Waals surface area contributed by atoms with Crippen molar-refractivity contribution in [2.45, 2.75) is 19.4 Å². The first-order valence-corrected chi connectivity index (χ1v) is 6.11. The van der Waals surface area contributed by atoms with Gasteiger partial charge in [-0.05, 0) is 18.1 Å². The largest absolute Gasteiger partial charge is 0.338 e. The molecule has 0 fully saturated rings. The lowest BCUT2D eigenvalue weighted by Gasteiger charge is -2.25. The second kappa shape index (κ2) is 4.47. The van der Waals surface area contributed by atoms with Crippen molar-refractivity contribution in [3.63, 3.8) is 0 Å². The van der Waals surface area contributed by atoms with Crippen molar-refractivity contribution in [3.8, 4) is 11.4 Å². The number of hydrogen-bond donors (Lipinski definition) is 1. The van der Waals surface area contributed by atoms with Gasteiger partial charge in [-0.1, -0.05) is 17.3 Å². The number of nitrogens with zero attached hydrogens (tertiary/aromatic N) is 3. The molecular weight excluding hydrogens is 244 g/mol. The summed E-state index contributed by atoms with van der Waals surface area (Å²) in [6.07, 6.45) is 1.33. The number of hydrogen-bond acceptors (Lipinski definition) is 5. The maximum atomic E-state index is 11.7. The number of anilines is 1. The van der Waals surface area contributed by atoms with Crippen molar-refractivity contribution in [2.24, 2.45) is 5.73 Å². The Kier molecular flexibility index (Phi) is 2.79. The monoisotopic (exact) mass is 258 g/mol. The molecule has 6 heteroatoms. The maximum absolute atomic E-state index is 11.7. The molecule has 0 saturated carbocycles. The van der Waals surface area contributed by atoms with Gasteiger partial charge >= 0.3 is 0 Å². The van der Waals surface area contributed by atoms with Crippen LogP contribution in [0.15, 0.2) is 22.7 Å². The fraction of sp³-hybridized carbons (Fsp3) is 0.308. The number of nitrogens with two attached hydrogens (primary N) is 1. The molecule has 2 aromatic rings. The van der Waals surface area contributed by atoms with Gasteiger partial charge < -0.3 is 15.2 Å². The highest BCUT2D eigenvalue weighted by Gasteiger charge is 2.21. The van der Waals surface area contributed by atoms with E-state index in [1.54, 1.807) is 11.9 Å². The quantitative estimate of drug-likeness (QED) is 0.872. The van der Waals surface area contributed by atoms with Crippen LogP contribution >= 0.6 is 0 Å². The zero-order valence-corrected chi connectivity index (χ0v) is 10.6. The zero-order valence-electron chi connectivity index (χ0n) is 10.6. The van der Waals surface area contributed by atoms with Crippen LogP contribution in [0.2, 0.25) is 0 Å². The number of aromatic nitrogens is 2. The third-order valence-corrected chi connectivity index (χ3v) is 3.33. The fourth-order valence-corrected chi connectivity index (χ4v) is 2.23. The molecule has 6 nitrogen and oxygen atoms in total. The summed E-state index contributed by atoms with van der Waals surface area (Å²) in [7, 11) is 1.78. The number of benzene rings is 1. The molecule has 0 saturated heterocycles. The van der Waals surface area contributed by atoms with Crippen LogP contribution in [0, 0.1) is 0 Å². The lowest BCUT2D eigenvalue weighted by molar-refractivity contribution is -0.118. The molecule has 0 bridgehead atoms. The SMILES string of the molecule is CN1C(=O)CCc2ccc(-c3noc(CN)n3)cc21. The molecule has 0 atom stereocenters. The topological polar surface area (TPSA) is 85.2 Å². The molecular formula is C13H14N4O2. The van der Waals surface area contributed by atoms with Crippen molar-refractivity contribution < 1.29 is 9.32 Å². The summed E-state index contributed by atoms with van der Waals surface area (Å²) in [4.78, 5) is 17.6. The fourth-order valence-electron chi connectivity index (χ4n) is 2.23. The molecule has 1 aromatic carbocycles. The van der Waals surface area contributed by atoms with E-state index in [-0.39, 0.29) is 12.5 Å². The first kappa shape index (κ1) is 11.9. The number of rotatable bonds is 2. The van der Waals surface area contributed by atoms with Crippen LogP contribution in [-0.4, -0.2) is 23.1 Å². The van der Waals surface area contributed by atoms with E-state index in [1.807, 2.05) is 18.2 Å². The van der Waals surface area contributed by atoms with E-state index in [1.165, 1.54) is 0 Å². The van der Waals surface area contributed by atoms with Crippen LogP contribution < -0.4 is 10.6 Å². The van der Waals surface area contributed by atoms with E-state index in [2.05, 4.69) is 10.1 Å². The maximum Gasteiger partial charge on any atom is 0.240 e. The number of amides is 1. The molecule has 0 unspecified atom stereocenters. The molecule has 1 aromatic heterocycles. The minimum atomic E-state index is 0.125. The smallest absolute Gasteiger partial charge is 0.240 e. The van der Waals surface area contributed by atoms with Crippen molar-refractivity contribution in [1.82, 2.24) is 10.1 Å². The van der Waals surface area contributed by atoms with Gasteiger partial charge in [0, 0.05) is 24.7 Å². The predicted molar refractivity (Wildman–Crippen MR) is 69.4 cm³/mol. The second-order valence-electron chi connectivity index (χ2n) is 4.51. The number of fused-ring (bicyclic) bond motifs is 1. The van der Waals surface area contributed by atoms with E-state index >= 15 is 0 Å². The van der Waals surface area contributed by atoms with Gasteiger partial charge in [0.1, 0.15) is 0 Å². The van der Waals surface area contributed by atoms with Gasteiger partial charge in [0.25, 0.3) is 0 Å². The Hall–Kier alpha value is -2.21. The van der Waals surface area contributed by atoms with E-state index in [0.29, 0.717) is 18.1 Å². The van der Waals surface area contributed by atoms with Crippen LogP contribution in [0.5, 0.6) is 0 Å². The van der Waals surface area contributed by atoms with Crippen molar-refractivity contribution >= 4 is 11.6 Å². The Morgan fingerprint density at radius 3 is 3.00 bits per heavy atom. The summed E-state index contributed by atoms with van der Waals surface area (Å²) >= 11 is 0. The molecule has 1 aliphatic rings. The highest BCUT2D eigenvalue weighted by molar-refractivity contribution is 5.96. The van der Waals surface area contributed by atoms with Crippen LogP contribution in [0.4, 0.5) is 5.69 Å². The van der Waals surface area contributed by atoms with Crippen LogP contribution in [0.1, 0.15) is 17.9 Å². The van der Waals surface area contributed by atoms with Gasteiger partial charge in [-0.3, -0.25) is 4.79 Å². The van der Waals surface area contributed by atoms with Gasteiger partial charge in [-0.2, -0.15) is 4.98 Å². The summed E-state index contributed by atoms with van der Waals surface area (Å²) in [5, 5.41) is 3.88. The van der Waals surface area contributed by atoms with Crippen molar-refractivity contribution in [2.75, 3.05) is 11.9 Å². The first-order chi connectivity index (χ1) is 9.19. The molecule has 0 aliphatic carbocycles. The molecule has 98 valence electrons. The van der Waals surface area contributed by atoms with E-state index < -0.39 is 0 Å². The summed E-state index contributed by atoms with van der Waals surface area (Å²) < 4.78 is 4.99. The Morgan fingerprint density at radius 2 is 2.26 bits per heavy atom. The van der Waals surface area contributed by atoms with Crippen molar-refractivity contribution in [1.29, 1.82) is 0 Å². The molecule has 1 amide bonds. The second-order valence-corrected chi connectivity index (χ2v) is 4.51. The Morgan fingerprint density at radius 1 is 1.42 bits per heavy atom. The number of carbonyl (C=O) groups is 1. The van der Waals surface area contributed by atoms with Crippen LogP contribution in [0.3, 0.4) is 0 Å². The van der Waals surface area contributed by atoms with Crippen LogP contribution in [-0.2, 0) is 17.8 Å². The number of aryl methyl sites for hydroxylation is 1. The third kappa shape index (κ3) is 2.00. The van der Waals surface area contributed by atoms with Gasteiger partial charge in [0.2, 0.25) is 17.6 Å². The molecule has 0 radical (unpaired) electrons. The molecule has 19 heavy (non-hydrogen) atoms. The molecule has 2 N–H and O–H groups in total. The molecule has 1 aliphatic heterocycles. The summed E-state index contributed by atoms with van der Waals surface area (Å²) in [5.41, 5.74) is 8.34. The minimum Gasteiger partial charge on any atom is -0.338 e. The zero-order chi connectivity index (χ0) is 13.4. The summed E-state index contributed by atoms with van der Waals surface area (Å²) in [6, 6.07) is 5.86. The van der Waals surface area contributed by atoms with Gasteiger partial charge in [0.15, 0.2) is 0 Å². The Bertz CT molecular complexity index is 635. The van der Waals surface area contributed by atoms with E-state index in [0.717, 1.165) is 23.2 Å².